The first-order valence-electron chi connectivity index (χ1n) is 8.67. The summed E-state index contributed by atoms with van der Waals surface area (Å²) in [6.07, 6.45) is 4.25. The molecule has 0 aliphatic heterocycles. The third-order valence-corrected chi connectivity index (χ3v) is 5.86. The molecule has 0 radical (unpaired) electrons. The van der Waals surface area contributed by atoms with Gasteiger partial charge in [0.25, 0.3) is 0 Å². The number of imidazole rings is 1. The third-order valence-electron chi connectivity index (χ3n) is 4.68. The molecule has 5 nitrogen and oxygen atoms in total. The highest BCUT2D eigenvalue weighted by atomic mass is 35.5. The van der Waals surface area contributed by atoms with Crippen LogP contribution in [0.3, 0.4) is 0 Å². The van der Waals surface area contributed by atoms with Crippen molar-refractivity contribution in [2.75, 3.05) is 14.1 Å². The summed E-state index contributed by atoms with van der Waals surface area (Å²) in [7, 11) is 3.63. The average Bonchev–Trinajstić information content (AvgIpc) is 3.34. The standard InChI is InChI=1S/C20H19ClN4OS/c1-25(2)20(26)16-9-15(16)12-3-5-13(6-4-12)18-19(24-11-23-18)27-17-8-7-14(21)10-22-17/h3-8,10-11,15-16H,9H2,1-2H3,(H,23,24)/t15-,16+/m1/s1. The SMILES string of the molecule is CN(C)C(=O)[C@H]1C[C@@H]1c1ccc(-c2[nH]cnc2Sc2ccc(Cl)cn2)cc1. The van der Waals surface area contributed by atoms with Crippen molar-refractivity contribution in [3.8, 4) is 11.3 Å². The molecule has 1 aromatic carbocycles. The lowest BCUT2D eigenvalue weighted by Crippen LogP contribution is -2.23. The van der Waals surface area contributed by atoms with Crippen molar-refractivity contribution in [1.82, 2.24) is 19.9 Å². The van der Waals surface area contributed by atoms with Gasteiger partial charge in [0.1, 0.15) is 10.1 Å². The first kappa shape index (κ1) is 18.1. The molecule has 2 heterocycles. The Kier molecular flexibility index (Phi) is 4.93. The largest absolute Gasteiger partial charge is 0.349 e. The van der Waals surface area contributed by atoms with Crippen LogP contribution in [0.2, 0.25) is 5.02 Å². The molecule has 4 rings (SSSR count). The van der Waals surface area contributed by atoms with Crippen molar-refractivity contribution >= 4 is 29.3 Å². The lowest BCUT2D eigenvalue weighted by Gasteiger charge is -2.10. The zero-order valence-corrected chi connectivity index (χ0v) is 16.6. The van der Waals surface area contributed by atoms with Crippen molar-refractivity contribution in [3.05, 3.63) is 59.5 Å². The number of aromatic amines is 1. The Morgan fingerprint density at radius 1 is 1.19 bits per heavy atom. The van der Waals surface area contributed by atoms with E-state index >= 15 is 0 Å². The Morgan fingerprint density at radius 3 is 2.63 bits per heavy atom. The number of hydrogen-bond donors (Lipinski definition) is 1. The van der Waals surface area contributed by atoms with E-state index in [1.165, 1.54) is 17.3 Å². The van der Waals surface area contributed by atoms with E-state index in [-0.39, 0.29) is 11.8 Å². The minimum Gasteiger partial charge on any atom is -0.349 e. The van der Waals surface area contributed by atoms with Crippen LogP contribution in [0.1, 0.15) is 17.9 Å². The maximum absolute atomic E-state index is 12.1. The van der Waals surface area contributed by atoms with E-state index in [0.717, 1.165) is 27.7 Å². The van der Waals surface area contributed by atoms with Gasteiger partial charge < -0.3 is 9.88 Å². The summed E-state index contributed by atoms with van der Waals surface area (Å²) in [5, 5.41) is 2.32. The maximum atomic E-state index is 12.1. The molecule has 0 saturated heterocycles. The van der Waals surface area contributed by atoms with Crippen LogP contribution in [0.5, 0.6) is 0 Å². The van der Waals surface area contributed by atoms with Crippen LogP contribution in [-0.4, -0.2) is 39.9 Å². The summed E-state index contributed by atoms with van der Waals surface area (Å²) in [4.78, 5) is 25.7. The number of halogens is 1. The fraction of sp³-hybridized carbons (Fsp3) is 0.250. The zero-order valence-electron chi connectivity index (χ0n) is 15.0. The van der Waals surface area contributed by atoms with Crippen LogP contribution in [0.25, 0.3) is 11.3 Å². The number of benzene rings is 1. The summed E-state index contributed by atoms with van der Waals surface area (Å²) in [6.45, 7) is 0. The predicted molar refractivity (Wildman–Crippen MR) is 107 cm³/mol. The Hall–Kier alpha value is -2.31. The van der Waals surface area contributed by atoms with Crippen LogP contribution in [0, 0.1) is 5.92 Å². The fourth-order valence-electron chi connectivity index (χ4n) is 3.15. The number of carbonyl (C=O) groups is 1. The Bertz CT molecular complexity index is 953. The van der Waals surface area contributed by atoms with Gasteiger partial charge in [0.05, 0.1) is 17.0 Å². The number of aromatic nitrogens is 3. The number of pyridine rings is 1. The number of rotatable bonds is 5. The van der Waals surface area contributed by atoms with Crippen molar-refractivity contribution in [2.45, 2.75) is 22.4 Å². The molecule has 3 aromatic rings. The fourth-order valence-corrected chi connectivity index (χ4v) is 4.09. The Balaban J connectivity index is 1.50. The summed E-state index contributed by atoms with van der Waals surface area (Å²) >= 11 is 7.39. The molecule has 1 aliphatic carbocycles. The predicted octanol–water partition coefficient (Wildman–Crippen LogP) is 4.47. The van der Waals surface area contributed by atoms with Crippen LogP contribution < -0.4 is 0 Å². The van der Waals surface area contributed by atoms with E-state index < -0.39 is 0 Å². The molecule has 0 unspecified atom stereocenters. The minimum atomic E-state index is 0.125. The normalized spacial score (nSPS) is 18.3. The first-order chi connectivity index (χ1) is 13.0. The lowest BCUT2D eigenvalue weighted by molar-refractivity contribution is -0.130. The number of nitrogens with zero attached hydrogens (tertiary/aromatic N) is 3. The highest BCUT2D eigenvalue weighted by molar-refractivity contribution is 7.99. The molecular weight excluding hydrogens is 380 g/mol. The van der Waals surface area contributed by atoms with Gasteiger partial charge in [-0.05, 0) is 41.8 Å². The number of nitrogens with one attached hydrogen (secondary N) is 1. The highest BCUT2D eigenvalue weighted by Crippen LogP contribution is 2.48. The summed E-state index contributed by atoms with van der Waals surface area (Å²) < 4.78 is 0. The van der Waals surface area contributed by atoms with Gasteiger partial charge in [-0.15, -0.1) is 0 Å². The molecule has 2 aromatic heterocycles. The molecule has 27 heavy (non-hydrogen) atoms. The second-order valence-corrected chi connectivity index (χ2v) is 8.25. The Labute approximate surface area is 167 Å². The first-order valence-corrected chi connectivity index (χ1v) is 9.86. The van der Waals surface area contributed by atoms with Crippen LogP contribution in [0.15, 0.2) is 59.0 Å². The quantitative estimate of drug-likeness (QED) is 0.688. The molecule has 1 N–H and O–H groups in total. The molecule has 1 saturated carbocycles. The van der Waals surface area contributed by atoms with E-state index in [1.807, 2.05) is 26.2 Å². The van der Waals surface area contributed by atoms with Crippen molar-refractivity contribution in [1.29, 1.82) is 0 Å². The van der Waals surface area contributed by atoms with Gasteiger partial charge in [0, 0.05) is 31.8 Å². The average molecular weight is 399 g/mol. The third kappa shape index (κ3) is 3.87. The number of hydrogen-bond acceptors (Lipinski definition) is 4. The second kappa shape index (κ2) is 7.37. The van der Waals surface area contributed by atoms with Gasteiger partial charge in [-0.3, -0.25) is 4.79 Å². The molecule has 1 fully saturated rings. The molecule has 7 heteroatoms. The van der Waals surface area contributed by atoms with Gasteiger partial charge in [-0.25, -0.2) is 9.97 Å². The number of H-pyrrole nitrogens is 1. The molecule has 2 atom stereocenters. The highest BCUT2D eigenvalue weighted by Gasteiger charge is 2.44. The van der Waals surface area contributed by atoms with Gasteiger partial charge in [-0.1, -0.05) is 35.9 Å². The molecule has 1 aliphatic rings. The van der Waals surface area contributed by atoms with Gasteiger partial charge >= 0.3 is 0 Å². The van der Waals surface area contributed by atoms with E-state index in [0.29, 0.717) is 10.9 Å². The minimum absolute atomic E-state index is 0.125. The van der Waals surface area contributed by atoms with E-state index in [9.17, 15) is 4.79 Å². The van der Waals surface area contributed by atoms with Gasteiger partial charge in [-0.2, -0.15) is 0 Å². The van der Waals surface area contributed by atoms with E-state index in [1.54, 1.807) is 17.4 Å². The number of amides is 1. The van der Waals surface area contributed by atoms with Gasteiger partial charge in [0.15, 0.2) is 0 Å². The van der Waals surface area contributed by atoms with Crippen LogP contribution in [-0.2, 0) is 4.79 Å². The van der Waals surface area contributed by atoms with Crippen molar-refractivity contribution < 1.29 is 4.79 Å². The monoisotopic (exact) mass is 398 g/mol. The lowest BCUT2D eigenvalue weighted by atomic mass is 10.1. The Morgan fingerprint density at radius 2 is 1.96 bits per heavy atom. The van der Waals surface area contributed by atoms with Crippen molar-refractivity contribution in [2.24, 2.45) is 5.92 Å². The molecule has 0 spiro atoms. The van der Waals surface area contributed by atoms with Crippen LogP contribution in [0.4, 0.5) is 0 Å². The summed E-state index contributed by atoms with van der Waals surface area (Å²) in [6, 6.07) is 12.1. The van der Waals surface area contributed by atoms with E-state index in [4.69, 9.17) is 11.6 Å². The molecular formula is C20H19ClN4OS. The second-order valence-electron chi connectivity index (χ2n) is 6.80. The van der Waals surface area contributed by atoms with Crippen molar-refractivity contribution in [3.63, 3.8) is 0 Å². The zero-order chi connectivity index (χ0) is 19.0. The summed E-state index contributed by atoms with van der Waals surface area (Å²) in [5.41, 5.74) is 3.23. The smallest absolute Gasteiger partial charge is 0.225 e. The molecule has 0 bridgehead atoms. The van der Waals surface area contributed by atoms with Crippen LogP contribution >= 0.6 is 23.4 Å². The topological polar surface area (TPSA) is 61.9 Å². The molecule has 138 valence electrons. The van der Waals surface area contributed by atoms with Gasteiger partial charge in [0.2, 0.25) is 5.91 Å². The molecule has 1 amide bonds. The summed E-state index contributed by atoms with van der Waals surface area (Å²) in [5.74, 6) is 0.676. The maximum Gasteiger partial charge on any atom is 0.225 e. The number of carbonyl (C=O) groups excluding carboxylic acids is 1. The van der Waals surface area contributed by atoms with E-state index in [2.05, 4.69) is 39.2 Å².